The summed E-state index contributed by atoms with van der Waals surface area (Å²) in [7, 11) is -3.58. The van der Waals surface area contributed by atoms with E-state index in [0.717, 1.165) is 6.26 Å². The topological polar surface area (TPSA) is 86.5 Å². The predicted molar refractivity (Wildman–Crippen MR) is 62.2 cm³/mol. The fraction of sp³-hybridized carbons (Fsp3) is 0.400. The van der Waals surface area contributed by atoms with Crippen LogP contribution in [-0.2, 0) is 14.3 Å². The summed E-state index contributed by atoms with van der Waals surface area (Å²) >= 11 is 0. The summed E-state index contributed by atoms with van der Waals surface area (Å²) < 4.78 is 26.6. The Labute approximate surface area is 99.5 Å². The Kier molecular flexibility index (Phi) is 3.84. The van der Waals surface area contributed by atoms with Crippen LogP contribution in [0.2, 0.25) is 0 Å². The van der Waals surface area contributed by atoms with E-state index in [0.29, 0.717) is 11.1 Å². The molecule has 0 saturated carbocycles. The highest BCUT2D eigenvalue weighted by molar-refractivity contribution is 7.86. The fourth-order valence-electron chi connectivity index (χ4n) is 1.39. The third-order valence-corrected chi connectivity index (χ3v) is 2.86. The second-order valence-corrected chi connectivity index (χ2v) is 5.35. The summed E-state index contributed by atoms with van der Waals surface area (Å²) in [5.74, 6) is 0. The third kappa shape index (κ3) is 3.79. The molecule has 0 aromatic heterocycles. The molecule has 0 amide bonds. The van der Waals surface area contributed by atoms with E-state index in [-0.39, 0.29) is 5.69 Å². The molecule has 0 aliphatic rings. The van der Waals surface area contributed by atoms with Crippen molar-refractivity contribution in [2.75, 3.05) is 6.26 Å². The van der Waals surface area contributed by atoms with Crippen LogP contribution in [-0.4, -0.2) is 19.6 Å². The van der Waals surface area contributed by atoms with E-state index >= 15 is 0 Å². The zero-order valence-electron chi connectivity index (χ0n) is 9.71. The molecule has 17 heavy (non-hydrogen) atoms. The number of nitro groups is 1. The van der Waals surface area contributed by atoms with Crippen molar-refractivity contribution < 1.29 is 17.5 Å². The van der Waals surface area contributed by atoms with Gasteiger partial charge in [-0.05, 0) is 19.4 Å². The second-order valence-electron chi connectivity index (χ2n) is 3.75. The minimum atomic E-state index is -3.58. The fourth-order valence-corrected chi connectivity index (χ4v) is 2.03. The van der Waals surface area contributed by atoms with Crippen LogP contribution in [0.15, 0.2) is 18.2 Å². The van der Waals surface area contributed by atoms with E-state index in [4.69, 9.17) is 4.18 Å². The Bertz CT molecular complexity index is 538. The van der Waals surface area contributed by atoms with Gasteiger partial charge in [0.2, 0.25) is 0 Å². The summed E-state index contributed by atoms with van der Waals surface area (Å²) in [6.07, 6.45) is 0.191. The van der Waals surface area contributed by atoms with Gasteiger partial charge in [-0.1, -0.05) is 12.1 Å². The minimum Gasteiger partial charge on any atom is -0.262 e. The smallest absolute Gasteiger partial charge is 0.262 e. The van der Waals surface area contributed by atoms with Crippen LogP contribution in [0.5, 0.6) is 0 Å². The number of rotatable bonds is 4. The van der Waals surface area contributed by atoms with Gasteiger partial charge in [0.05, 0.1) is 17.3 Å². The van der Waals surface area contributed by atoms with Gasteiger partial charge in [0.1, 0.15) is 0 Å². The van der Waals surface area contributed by atoms with Gasteiger partial charge < -0.3 is 0 Å². The van der Waals surface area contributed by atoms with Crippen LogP contribution >= 0.6 is 0 Å². The van der Waals surface area contributed by atoms with Crippen molar-refractivity contribution in [3.63, 3.8) is 0 Å². The maximum absolute atomic E-state index is 10.9. The molecule has 0 aliphatic heterocycles. The molecule has 0 N–H and O–H groups in total. The predicted octanol–water partition coefficient (Wildman–Crippen LogP) is 1.94. The number of nitrogens with zero attached hydrogens (tertiary/aromatic N) is 1. The van der Waals surface area contributed by atoms with Crippen molar-refractivity contribution in [2.24, 2.45) is 0 Å². The van der Waals surface area contributed by atoms with Gasteiger partial charge in [-0.2, -0.15) is 8.42 Å². The summed E-state index contributed by atoms with van der Waals surface area (Å²) in [5.41, 5.74) is 0.921. The molecular formula is C10H13NO5S. The second kappa shape index (κ2) is 4.80. The van der Waals surface area contributed by atoms with Crippen LogP contribution < -0.4 is 0 Å². The van der Waals surface area contributed by atoms with E-state index in [9.17, 15) is 18.5 Å². The lowest BCUT2D eigenvalue weighted by Gasteiger charge is -2.11. The number of benzene rings is 1. The largest absolute Gasteiger partial charge is 0.272 e. The average molecular weight is 259 g/mol. The standard InChI is InChI=1S/C10H13NO5S/c1-7-4-5-9(6-10(7)11(12)13)8(2)16-17(3,14)15/h4-6,8H,1-3H3. The van der Waals surface area contributed by atoms with Gasteiger partial charge in [0, 0.05) is 11.6 Å². The lowest BCUT2D eigenvalue weighted by Crippen LogP contribution is -2.08. The van der Waals surface area contributed by atoms with Crippen LogP contribution in [0.4, 0.5) is 5.69 Å². The normalized spacial score (nSPS) is 13.4. The van der Waals surface area contributed by atoms with Crippen molar-refractivity contribution in [3.05, 3.63) is 39.4 Å². The van der Waals surface area contributed by atoms with Gasteiger partial charge in [0.25, 0.3) is 15.8 Å². The van der Waals surface area contributed by atoms with Crippen LogP contribution in [0, 0.1) is 17.0 Å². The molecule has 0 fully saturated rings. The van der Waals surface area contributed by atoms with Gasteiger partial charge in [-0.15, -0.1) is 0 Å². The Morgan fingerprint density at radius 2 is 2.00 bits per heavy atom. The molecule has 1 unspecified atom stereocenters. The number of nitro benzene ring substituents is 1. The quantitative estimate of drug-likeness (QED) is 0.468. The Morgan fingerprint density at radius 3 is 2.47 bits per heavy atom. The Balaban J connectivity index is 3.08. The van der Waals surface area contributed by atoms with Crippen LogP contribution in [0.3, 0.4) is 0 Å². The number of aryl methyl sites for hydroxylation is 1. The summed E-state index contributed by atoms with van der Waals surface area (Å²) in [6.45, 7) is 3.14. The first-order valence-corrected chi connectivity index (χ1v) is 6.65. The van der Waals surface area contributed by atoms with Crippen molar-refractivity contribution in [2.45, 2.75) is 20.0 Å². The summed E-state index contributed by atoms with van der Waals surface area (Å²) in [4.78, 5) is 10.2. The first-order valence-electron chi connectivity index (χ1n) is 4.84. The lowest BCUT2D eigenvalue weighted by atomic mass is 10.1. The Morgan fingerprint density at radius 1 is 1.41 bits per heavy atom. The Hall–Kier alpha value is -1.47. The highest BCUT2D eigenvalue weighted by atomic mass is 32.2. The number of hydrogen-bond donors (Lipinski definition) is 0. The first kappa shape index (κ1) is 13.6. The molecule has 0 saturated heterocycles. The first-order chi connectivity index (χ1) is 7.70. The zero-order valence-corrected chi connectivity index (χ0v) is 10.5. The van der Waals surface area contributed by atoms with Crippen molar-refractivity contribution in [1.82, 2.24) is 0 Å². The summed E-state index contributed by atoms with van der Waals surface area (Å²) in [6, 6.07) is 4.50. The SMILES string of the molecule is Cc1ccc(C(C)OS(C)(=O)=O)cc1[N+](=O)[O-]. The molecule has 0 heterocycles. The average Bonchev–Trinajstić information content (AvgIpc) is 2.14. The minimum absolute atomic E-state index is 0.0496. The van der Waals surface area contributed by atoms with Crippen LogP contribution in [0.1, 0.15) is 24.2 Å². The molecule has 7 heteroatoms. The van der Waals surface area contributed by atoms with E-state index in [1.165, 1.54) is 13.0 Å². The van der Waals surface area contributed by atoms with Crippen molar-refractivity contribution >= 4 is 15.8 Å². The molecule has 0 spiro atoms. The molecule has 1 atom stereocenters. The monoisotopic (exact) mass is 259 g/mol. The molecule has 0 bridgehead atoms. The van der Waals surface area contributed by atoms with E-state index in [2.05, 4.69) is 0 Å². The molecule has 1 rings (SSSR count). The van der Waals surface area contributed by atoms with Crippen LogP contribution in [0.25, 0.3) is 0 Å². The molecular weight excluding hydrogens is 246 g/mol. The van der Waals surface area contributed by atoms with E-state index < -0.39 is 21.1 Å². The zero-order chi connectivity index (χ0) is 13.2. The van der Waals surface area contributed by atoms with Gasteiger partial charge in [-0.25, -0.2) is 0 Å². The van der Waals surface area contributed by atoms with Crippen molar-refractivity contribution in [1.29, 1.82) is 0 Å². The van der Waals surface area contributed by atoms with E-state index in [1.54, 1.807) is 19.1 Å². The molecule has 0 aliphatic carbocycles. The molecule has 0 radical (unpaired) electrons. The van der Waals surface area contributed by atoms with Gasteiger partial charge in [-0.3, -0.25) is 14.3 Å². The third-order valence-electron chi connectivity index (χ3n) is 2.22. The number of hydrogen-bond acceptors (Lipinski definition) is 5. The maximum atomic E-state index is 10.9. The van der Waals surface area contributed by atoms with Gasteiger partial charge in [0.15, 0.2) is 0 Å². The summed E-state index contributed by atoms with van der Waals surface area (Å²) in [5, 5.41) is 10.7. The van der Waals surface area contributed by atoms with E-state index in [1.807, 2.05) is 0 Å². The molecule has 1 aromatic rings. The van der Waals surface area contributed by atoms with Gasteiger partial charge >= 0.3 is 0 Å². The van der Waals surface area contributed by atoms with Crippen molar-refractivity contribution in [3.8, 4) is 0 Å². The lowest BCUT2D eigenvalue weighted by molar-refractivity contribution is -0.385. The molecule has 6 nitrogen and oxygen atoms in total. The molecule has 1 aromatic carbocycles. The highest BCUT2D eigenvalue weighted by Crippen LogP contribution is 2.25. The maximum Gasteiger partial charge on any atom is 0.272 e. The highest BCUT2D eigenvalue weighted by Gasteiger charge is 2.17. The molecule has 94 valence electrons.